The SMILES string of the molecule is [C-]#[N+]c1ccc2c(n1)c(N1C[C@@H](CC)N(C(C(=O)N3CCC[C@@H]3CO)c3ccc(C(F)(F)F)cc3)C[C@@H]1CC)nc(=O)n2C. The Kier molecular flexibility index (Phi) is 8.95. The molecule has 44 heavy (non-hydrogen) atoms. The second-order valence-electron chi connectivity index (χ2n) is 11.4. The number of hydrogen-bond acceptors (Lipinski definition) is 7. The number of fused-ring (bicyclic) bond motifs is 1. The smallest absolute Gasteiger partial charge is 0.394 e. The summed E-state index contributed by atoms with van der Waals surface area (Å²) in [5, 5.41) is 9.98. The number of aliphatic hydroxyl groups is 1. The van der Waals surface area contributed by atoms with Crippen LogP contribution in [0.3, 0.4) is 0 Å². The number of alkyl halides is 3. The number of pyridine rings is 1. The number of rotatable bonds is 7. The predicted octanol–water partition coefficient (Wildman–Crippen LogP) is 4.30. The summed E-state index contributed by atoms with van der Waals surface area (Å²) in [6, 6.07) is 6.33. The standard InChI is InChI=1S/C31H36F3N7O3/c1-5-21-17-41(28-26-24(38(4)30(44)37-28)13-14-25(35-3)36-26)22(6-2)16-40(21)27(29(43)39-15-7-8-23(39)18-42)19-9-11-20(12-10-19)31(32,33)34/h9-14,21-23,27,42H,5-8,15-18H2,1-2,4H3/t21-,22+,23-,27?/m1/s1. The lowest BCUT2D eigenvalue weighted by molar-refractivity contribution is -0.140. The first kappa shape index (κ1) is 31.4. The van der Waals surface area contributed by atoms with Crippen molar-refractivity contribution in [1.82, 2.24) is 24.3 Å². The number of nitrogens with zero attached hydrogens (tertiary/aromatic N) is 7. The third-order valence-corrected chi connectivity index (χ3v) is 8.98. The average molecular weight is 612 g/mol. The number of benzene rings is 1. The number of aromatic nitrogens is 3. The van der Waals surface area contributed by atoms with E-state index >= 15 is 0 Å². The number of amides is 1. The van der Waals surface area contributed by atoms with Crippen molar-refractivity contribution < 1.29 is 23.1 Å². The highest BCUT2D eigenvalue weighted by Gasteiger charge is 2.44. The normalized spacial score (nSPS) is 21.9. The van der Waals surface area contributed by atoms with E-state index in [2.05, 4.69) is 19.7 Å². The third-order valence-electron chi connectivity index (χ3n) is 8.98. The molecule has 5 rings (SSSR count). The third kappa shape index (κ3) is 5.76. The molecule has 1 amide bonds. The lowest BCUT2D eigenvalue weighted by Gasteiger charge is -2.49. The van der Waals surface area contributed by atoms with Gasteiger partial charge in [-0.3, -0.25) is 14.3 Å². The van der Waals surface area contributed by atoms with Crippen molar-refractivity contribution in [2.45, 2.75) is 69.9 Å². The second-order valence-corrected chi connectivity index (χ2v) is 11.4. The van der Waals surface area contributed by atoms with Crippen LogP contribution in [0.15, 0.2) is 41.2 Å². The Morgan fingerprint density at radius 2 is 1.77 bits per heavy atom. The molecule has 2 aliphatic heterocycles. The Balaban J connectivity index is 1.58. The number of likely N-dealkylation sites (tertiary alicyclic amines) is 1. The highest BCUT2D eigenvalue weighted by Crippen LogP contribution is 2.37. The van der Waals surface area contributed by atoms with Gasteiger partial charge in [-0.2, -0.15) is 18.2 Å². The Hall–Kier alpha value is -4.02. The molecule has 3 aromatic rings. The Morgan fingerprint density at radius 3 is 2.39 bits per heavy atom. The molecule has 0 radical (unpaired) electrons. The van der Waals surface area contributed by atoms with Crippen LogP contribution in [0.5, 0.6) is 0 Å². The molecule has 1 aromatic carbocycles. The zero-order valence-electron chi connectivity index (χ0n) is 25.0. The van der Waals surface area contributed by atoms with Gasteiger partial charge in [-0.25, -0.2) is 4.79 Å². The molecule has 4 atom stereocenters. The van der Waals surface area contributed by atoms with Crippen LogP contribution in [0.1, 0.15) is 56.7 Å². The summed E-state index contributed by atoms with van der Waals surface area (Å²) < 4.78 is 41.7. The molecular formula is C31H36F3N7O3. The maximum absolute atomic E-state index is 14.3. The van der Waals surface area contributed by atoms with E-state index in [1.807, 2.05) is 18.7 Å². The first-order valence-corrected chi connectivity index (χ1v) is 14.9. The number of carbonyl (C=O) groups is 1. The first-order valence-electron chi connectivity index (χ1n) is 14.9. The number of anilines is 1. The van der Waals surface area contributed by atoms with Crippen LogP contribution in [-0.2, 0) is 18.0 Å². The quantitative estimate of drug-likeness (QED) is 0.398. The number of piperazine rings is 1. The molecule has 4 heterocycles. The van der Waals surface area contributed by atoms with Crippen LogP contribution < -0.4 is 10.6 Å². The minimum Gasteiger partial charge on any atom is -0.394 e. The largest absolute Gasteiger partial charge is 0.416 e. The summed E-state index contributed by atoms with van der Waals surface area (Å²) in [6.45, 7) is 12.4. The average Bonchev–Trinajstić information content (AvgIpc) is 3.51. The van der Waals surface area contributed by atoms with Crippen LogP contribution in [0.2, 0.25) is 0 Å². The highest BCUT2D eigenvalue weighted by molar-refractivity contribution is 5.88. The van der Waals surface area contributed by atoms with Crippen LogP contribution >= 0.6 is 0 Å². The number of hydrogen-bond donors (Lipinski definition) is 1. The van der Waals surface area contributed by atoms with Crippen LogP contribution in [0.25, 0.3) is 15.9 Å². The molecule has 2 aromatic heterocycles. The molecule has 2 aliphatic rings. The van der Waals surface area contributed by atoms with Gasteiger partial charge < -0.3 is 19.8 Å². The first-order chi connectivity index (χ1) is 21.0. The summed E-state index contributed by atoms with van der Waals surface area (Å²) in [6.07, 6.45) is -1.90. The van der Waals surface area contributed by atoms with E-state index in [0.717, 1.165) is 18.6 Å². The summed E-state index contributed by atoms with van der Waals surface area (Å²) >= 11 is 0. The molecule has 1 N–H and O–H groups in total. The fourth-order valence-corrected chi connectivity index (χ4v) is 6.52. The van der Waals surface area contributed by atoms with E-state index in [9.17, 15) is 27.9 Å². The maximum Gasteiger partial charge on any atom is 0.416 e. The fraction of sp³-hybridized carbons (Fsp3) is 0.516. The van der Waals surface area contributed by atoms with Gasteiger partial charge in [0.15, 0.2) is 5.82 Å². The minimum atomic E-state index is -4.51. The molecular weight excluding hydrogens is 575 g/mol. The van der Waals surface area contributed by atoms with Gasteiger partial charge in [0.25, 0.3) is 5.82 Å². The van der Waals surface area contributed by atoms with Crippen LogP contribution in [0.4, 0.5) is 24.8 Å². The van der Waals surface area contributed by atoms with Crippen molar-refractivity contribution in [1.29, 1.82) is 0 Å². The number of carbonyl (C=O) groups excluding carboxylic acids is 1. The van der Waals surface area contributed by atoms with E-state index in [0.29, 0.717) is 61.3 Å². The second kappa shape index (κ2) is 12.5. The molecule has 0 saturated carbocycles. The van der Waals surface area contributed by atoms with Gasteiger partial charge in [0.2, 0.25) is 11.4 Å². The van der Waals surface area contributed by atoms with E-state index in [4.69, 9.17) is 6.57 Å². The van der Waals surface area contributed by atoms with Gasteiger partial charge in [-0.05, 0) is 55.5 Å². The topological polar surface area (TPSA) is 99.2 Å². The van der Waals surface area contributed by atoms with Gasteiger partial charge >= 0.3 is 11.9 Å². The molecule has 0 aliphatic carbocycles. The zero-order valence-corrected chi connectivity index (χ0v) is 25.0. The van der Waals surface area contributed by atoms with E-state index in [1.165, 1.54) is 16.7 Å². The van der Waals surface area contributed by atoms with Crippen molar-refractivity contribution >= 4 is 28.6 Å². The van der Waals surface area contributed by atoms with E-state index < -0.39 is 23.5 Å². The monoisotopic (exact) mass is 611 g/mol. The van der Waals surface area contributed by atoms with Crippen molar-refractivity contribution in [2.75, 3.05) is 31.1 Å². The van der Waals surface area contributed by atoms with Crippen LogP contribution in [0, 0.1) is 6.57 Å². The lowest BCUT2D eigenvalue weighted by atomic mass is 9.94. The predicted molar refractivity (Wildman–Crippen MR) is 159 cm³/mol. The van der Waals surface area contributed by atoms with Crippen molar-refractivity contribution in [3.05, 3.63) is 69.4 Å². The highest BCUT2D eigenvalue weighted by atomic mass is 19.4. The summed E-state index contributed by atoms with van der Waals surface area (Å²) in [5.41, 5.74) is 0.172. The number of halogens is 3. The molecule has 13 heteroatoms. The van der Waals surface area contributed by atoms with Gasteiger partial charge in [-0.1, -0.05) is 32.6 Å². The van der Waals surface area contributed by atoms with Crippen LogP contribution in [-0.4, -0.2) is 79.7 Å². The van der Waals surface area contributed by atoms with Crippen molar-refractivity contribution in [3.8, 4) is 0 Å². The molecule has 234 valence electrons. The van der Waals surface area contributed by atoms with Gasteiger partial charge in [0, 0.05) is 38.8 Å². The minimum absolute atomic E-state index is 0.176. The van der Waals surface area contributed by atoms with E-state index in [-0.39, 0.29) is 36.5 Å². The van der Waals surface area contributed by atoms with Crippen molar-refractivity contribution in [2.24, 2.45) is 7.05 Å². The Bertz CT molecular complexity index is 1620. The molecule has 0 spiro atoms. The molecule has 1 unspecified atom stereocenters. The maximum atomic E-state index is 14.3. The van der Waals surface area contributed by atoms with E-state index in [1.54, 1.807) is 24.1 Å². The molecule has 0 bridgehead atoms. The lowest BCUT2D eigenvalue weighted by Crippen LogP contribution is -2.61. The number of aryl methyl sites for hydroxylation is 1. The Labute approximate surface area is 253 Å². The zero-order chi connectivity index (χ0) is 31.8. The summed E-state index contributed by atoms with van der Waals surface area (Å²) in [5.74, 6) is 0.300. The summed E-state index contributed by atoms with van der Waals surface area (Å²) in [4.78, 5) is 45.3. The van der Waals surface area contributed by atoms with Crippen molar-refractivity contribution in [3.63, 3.8) is 0 Å². The number of aliphatic hydroxyl groups excluding tert-OH is 1. The fourth-order valence-electron chi connectivity index (χ4n) is 6.52. The summed E-state index contributed by atoms with van der Waals surface area (Å²) in [7, 11) is 1.60. The van der Waals surface area contributed by atoms with Gasteiger partial charge in [0.05, 0.1) is 23.7 Å². The molecule has 2 fully saturated rings. The molecule has 2 saturated heterocycles. The Morgan fingerprint density at radius 1 is 1.07 bits per heavy atom. The van der Waals surface area contributed by atoms with Gasteiger partial charge in [-0.15, -0.1) is 4.98 Å². The van der Waals surface area contributed by atoms with Gasteiger partial charge in [0.1, 0.15) is 6.04 Å². The molecule has 10 nitrogen and oxygen atoms in total.